The van der Waals surface area contributed by atoms with Crippen molar-refractivity contribution in [1.29, 1.82) is 0 Å². The van der Waals surface area contributed by atoms with Gasteiger partial charge in [0.2, 0.25) is 5.91 Å². The van der Waals surface area contributed by atoms with Gasteiger partial charge in [-0.15, -0.1) is 0 Å². The predicted molar refractivity (Wildman–Crippen MR) is 114 cm³/mol. The molecule has 0 aromatic heterocycles. The number of piperidine rings is 1. The van der Waals surface area contributed by atoms with E-state index in [1.54, 1.807) is 14.1 Å². The highest BCUT2D eigenvalue weighted by atomic mass is 19.4. The molecule has 0 bridgehead atoms. The van der Waals surface area contributed by atoms with Crippen LogP contribution in [0.15, 0.2) is 48.5 Å². The zero-order chi connectivity index (χ0) is 25.1. The third kappa shape index (κ3) is 6.50. The maximum atomic E-state index is 13.2. The number of ether oxygens (including phenoxy) is 1. The Bertz CT molecular complexity index is 943. The van der Waals surface area contributed by atoms with E-state index in [9.17, 15) is 31.1 Å². The van der Waals surface area contributed by atoms with E-state index in [0.29, 0.717) is 31.5 Å². The molecule has 0 spiro atoms. The van der Waals surface area contributed by atoms with Crippen molar-refractivity contribution in [1.82, 2.24) is 9.80 Å². The van der Waals surface area contributed by atoms with Gasteiger partial charge in [-0.25, -0.2) is 0 Å². The van der Waals surface area contributed by atoms with Gasteiger partial charge in [-0.1, -0.05) is 30.3 Å². The van der Waals surface area contributed by atoms with Gasteiger partial charge in [0, 0.05) is 14.1 Å². The summed E-state index contributed by atoms with van der Waals surface area (Å²) >= 11 is 0. The zero-order valence-corrected chi connectivity index (χ0v) is 18.8. The number of hydrogen-bond acceptors (Lipinski definition) is 3. The normalized spacial score (nSPS) is 19.8. The molecular formula is C24H26F6N2O2. The number of benzene rings is 2. The summed E-state index contributed by atoms with van der Waals surface area (Å²) in [5.74, 6) is -0.116. The van der Waals surface area contributed by atoms with Crippen LogP contribution in [0.3, 0.4) is 0 Å². The molecule has 4 nitrogen and oxygen atoms in total. The van der Waals surface area contributed by atoms with Crippen LogP contribution in [0.5, 0.6) is 0 Å². The largest absolute Gasteiger partial charge is 0.416 e. The van der Waals surface area contributed by atoms with E-state index in [1.807, 2.05) is 35.2 Å². The topological polar surface area (TPSA) is 32.8 Å². The first-order chi connectivity index (χ1) is 15.9. The van der Waals surface area contributed by atoms with E-state index in [4.69, 9.17) is 4.74 Å². The third-order valence-electron chi connectivity index (χ3n) is 5.77. The molecule has 0 aliphatic carbocycles. The van der Waals surface area contributed by atoms with Crippen molar-refractivity contribution in [3.63, 3.8) is 0 Å². The van der Waals surface area contributed by atoms with Crippen LogP contribution in [0, 0.1) is 0 Å². The van der Waals surface area contributed by atoms with E-state index < -0.39 is 36.2 Å². The predicted octanol–water partition coefficient (Wildman–Crippen LogP) is 5.53. The van der Waals surface area contributed by atoms with E-state index in [2.05, 4.69) is 0 Å². The SMILES string of the molecule is CN(C)C(=O)CN1CCC[C@H](OCc2cc(C(F)(F)F)cc(C(F)(F)F)c2)[C@@H]1c1ccccc1. The Balaban J connectivity index is 1.87. The fourth-order valence-electron chi connectivity index (χ4n) is 4.08. The molecule has 0 saturated carbocycles. The molecule has 1 fully saturated rings. The first-order valence-electron chi connectivity index (χ1n) is 10.8. The maximum Gasteiger partial charge on any atom is 0.416 e. The molecule has 1 amide bonds. The Morgan fingerprint density at radius 2 is 1.59 bits per heavy atom. The Kier molecular flexibility index (Phi) is 7.92. The lowest BCUT2D eigenvalue weighted by Crippen LogP contribution is -2.47. The lowest BCUT2D eigenvalue weighted by Gasteiger charge is -2.41. The summed E-state index contributed by atoms with van der Waals surface area (Å²) in [5.41, 5.74) is -2.10. The zero-order valence-electron chi connectivity index (χ0n) is 18.8. The van der Waals surface area contributed by atoms with E-state index >= 15 is 0 Å². The minimum atomic E-state index is -4.92. The molecule has 2 aromatic carbocycles. The Morgan fingerprint density at radius 1 is 1.00 bits per heavy atom. The second kappa shape index (κ2) is 10.4. The number of amides is 1. The first-order valence-corrected chi connectivity index (χ1v) is 10.8. The molecular weight excluding hydrogens is 462 g/mol. The highest BCUT2D eigenvalue weighted by Crippen LogP contribution is 2.38. The first kappa shape index (κ1) is 26.0. The van der Waals surface area contributed by atoms with Crippen LogP contribution in [0.25, 0.3) is 0 Å². The van der Waals surface area contributed by atoms with Crippen LogP contribution in [-0.4, -0.2) is 49.0 Å². The molecule has 0 N–H and O–H groups in total. The summed E-state index contributed by atoms with van der Waals surface area (Å²) in [4.78, 5) is 15.8. The van der Waals surface area contributed by atoms with E-state index in [-0.39, 0.29) is 30.1 Å². The van der Waals surface area contributed by atoms with Gasteiger partial charge >= 0.3 is 12.4 Å². The Morgan fingerprint density at radius 3 is 2.12 bits per heavy atom. The van der Waals surface area contributed by atoms with Gasteiger partial charge < -0.3 is 9.64 Å². The van der Waals surface area contributed by atoms with Crippen LogP contribution in [-0.2, 0) is 28.5 Å². The lowest BCUT2D eigenvalue weighted by molar-refractivity contribution is -0.143. The quantitative estimate of drug-likeness (QED) is 0.501. The van der Waals surface area contributed by atoms with Crippen molar-refractivity contribution in [2.24, 2.45) is 0 Å². The summed E-state index contributed by atoms with van der Waals surface area (Å²) < 4.78 is 85.2. The number of nitrogens with zero attached hydrogens (tertiary/aromatic N) is 2. The van der Waals surface area contributed by atoms with Gasteiger partial charge in [0.15, 0.2) is 0 Å². The standard InChI is InChI=1S/C24H26F6N2O2/c1-31(2)21(33)14-32-10-6-9-20(22(32)17-7-4-3-5-8-17)34-15-16-11-18(23(25,26)27)13-19(12-16)24(28,29)30/h3-5,7-8,11-13,20,22H,6,9-10,14-15H2,1-2H3/t20-,22-/m0/s1. The molecule has 2 aromatic rings. The third-order valence-corrected chi connectivity index (χ3v) is 5.77. The number of likely N-dealkylation sites (N-methyl/N-ethyl adjacent to an activating group) is 1. The minimum Gasteiger partial charge on any atom is -0.372 e. The number of hydrogen-bond donors (Lipinski definition) is 0. The molecule has 2 atom stereocenters. The van der Waals surface area contributed by atoms with Crippen LogP contribution >= 0.6 is 0 Å². The highest BCUT2D eigenvalue weighted by Gasteiger charge is 2.38. The summed E-state index contributed by atoms with van der Waals surface area (Å²) in [6.45, 7) is 0.311. The molecule has 1 heterocycles. The van der Waals surface area contributed by atoms with Crippen molar-refractivity contribution in [3.05, 3.63) is 70.8 Å². The summed E-state index contributed by atoms with van der Waals surface area (Å²) in [6, 6.07) is 10.3. The fourth-order valence-corrected chi connectivity index (χ4v) is 4.08. The summed E-state index contributed by atoms with van der Waals surface area (Å²) in [6.07, 6.45) is -9.13. The van der Waals surface area contributed by atoms with Crippen molar-refractivity contribution >= 4 is 5.91 Å². The summed E-state index contributed by atoms with van der Waals surface area (Å²) in [7, 11) is 3.29. The molecule has 1 saturated heterocycles. The van der Waals surface area contributed by atoms with Gasteiger partial charge in [-0.3, -0.25) is 9.69 Å². The van der Waals surface area contributed by atoms with Crippen molar-refractivity contribution in [3.8, 4) is 0 Å². The average molecular weight is 488 g/mol. The van der Waals surface area contributed by atoms with Crippen molar-refractivity contribution in [2.45, 2.75) is 43.9 Å². The minimum absolute atomic E-state index is 0.103. The van der Waals surface area contributed by atoms with Crippen LogP contribution < -0.4 is 0 Å². The molecule has 10 heteroatoms. The Hall–Kier alpha value is -2.59. The monoisotopic (exact) mass is 488 g/mol. The second-order valence-electron chi connectivity index (χ2n) is 8.52. The second-order valence-corrected chi connectivity index (χ2v) is 8.52. The summed E-state index contributed by atoms with van der Waals surface area (Å²) in [5, 5.41) is 0. The fraction of sp³-hybridized carbons (Fsp3) is 0.458. The van der Waals surface area contributed by atoms with Gasteiger partial charge in [0.1, 0.15) is 0 Å². The number of likely N-dealkylation sites (tertiary alicyclic amines) is 1. The van der Waals surface area contributed by atoms with Gasteiger partial charge in [-0.2, -0.15) is 26.3 Å². The molecule has 3 rings (SSSR count). The number of halogens is 6. The van der Waals surface area contributed by atoms with Crippen molar-refractivity contribution < 1.29 is 35.9 Å². The number of alkyl halides is 6. The number of carbonyl (C=O) groups excluding carboxylic acids is 1. The maximum absolute atomic E-state index is 13.2. The van der Waals surface area contributed by atoms with Gasteiger partial charge in [0.25, 0.3) is 0 Å². The Labute approximate surface area is 194 Å². The number of rotatable bonds is 6. The smallest absolute Gasteiger partial charge is 0.372 e. The molecule has 1 aliphatic rings. The molecule has 34 heavy (non-hydrogen) atoms. The van der Waals surface area contributed by atoms with Gasteiger partial charge in [0.05, 0.1) is 36.4 Å². The molecule has 186 valence electrons. The lowest BCUT2D eigenvalue weighted by atomic mass is 9.92. The van der Waals surface area contributed by atoms with E-state index in [1.165, 1.54) is 4.90 Å². The van der Waals surface area contributed by atoms with Crippen LogP contribution in [0.2, 0.25) is 0 Å². The van der Waals surface area contributed by atoms with Crippen molar-refractivity contribution in [2.75, 3.05) is 27.2 Å². The van der Waals surface area contributed by atoms with Gasteiger partial charge in [-0.05, 0) is 48.7 Å². The van der Waals surface area contributed by atoms with Crippen LogP contribution in [0.4, 0.5) is 26.3 Å². The number of carbonyl (C=O) groups is 1. The molecule has 1 aliphatic heterocycles. The molecule has 0 radical (unpaired) electrons. The average Bonchev–Trinajstić information content (AvgIpc) is 2.77. The van der Waals surface area contributed by atoms with Crippen LogP contribution in [0.1, 0.15) is 41.1 Å². The molecule has 0 unspecified atom stereocenters. The van der Waals surface area contributed by atoms with E-state index in [0.717, 1.165) is 5.56 Å². The highest BCUT2D eigenvalue weighted by molar-refractivity contribution is 5.77.